The van der Waals surface area contributed by atoms with E-state index in [0.717, 1.165) is 33.9 Å². The van der Waals surface area contributed by atoms with E-state index in [1.807, 2.05) is 110 Å². The van der Waals surface area contributed by atoms with Crippen molar-refractivity contribution in [1.82, 2.24) is 5.32 Å². The van der Waals surface area contributed by atoms with Crippen LogP contribution in [0.15, 0.2) is 70.9 Å². The molecule has 3 rings (SSSR count). The Bertz CT molecular complexity index is 1280. The molecule has 0 spiro atoms. The Kier molecular flexibility index (Phi) is 8.66. The quantitative estimate of drug-likeness (QED) is 0.373. The average molecular weight is 519 g/mol. The lowest BCUT2D eigenvalue weighted by atomic mass is 10.0. The third-order valence-corrected chi connectivity index (χ3v) is 5.25. The van der Waals surface area contributed by atoms with E-state index >= 15 is 0 Å². The predicted octanol–water partition coefficient (Wildman–Crippen LogP) is 7.92. The number of carbonyl (C=O) groups is 2. The summed E-state index contributed by atoms with van der Waals surface area (Å²) in [4.78, 5) is 29.6. The summed E-state index contributed by atoms with van der Waals surface area (Å²) in [7, 11) is 0. The minimum atomic E-state index is -0.606. The van der Waals surface area contributed by atoms with E-state index in [0.29, 0.717) is 17.8 Å². The van der Waals surface area contributed by atoms with Crippen LogP contribution >= 0.6 is 0 Å². The summed E-state index contributed by atoms with van der Waals surface area (Å²) in [5, 5.41) is 9.07. The minimum absolute atomic E-state index is 0.491. The smallest absolute Gasteiger partial charge is 0.412 e. The van der Waals surface area contributed by atoms with Gasteiger partial charge in [0.15, 0.2) is 0 Å². The highest BCUT2D eigenvalue weighted by Crippen LogP contribution is 2.35. The van der Waals surface area contributed by atoms with Crippen molar-refractivity contribution < 1.29 is 19.1 Å². The lowest BCUT2D eigenvalue weighted by Crippen LogP contribution is -2.32. The number of benzene rings is 2. The van der Waals surface area contributed by atoms with E-state index in [-0.39, 0.29) is 0 Å². The molecule has 0 radical (unpaired) electrons. The van der Waals surface area contributed by atoms with Gasteiger partial charge in [0, 0.05) is 29.2 Å². The van der Waals surface area contributed by atoms with Gasteiger partial charge in [-0.05, 0) is 96.9 Å². The number of amides is 2. The minimum Gasteiger partial charge on any atom is -0.444 e. The number of ether oxygens (including phenoxy) is 2. The molecule has 0 bridgehead atoms. The molecule has 202 valence electrons. The van der Waals surface area contributed by atoms with Gasteiger partial charge in [0.2, 0.25) is 0 Å². The normalized spacial score (nSPS) is 14.8. The van der Waals surface area contributed by atoms with Crippen molar-refractivity contribution in [2.24, 2.45) is 4.99 Å². The number of aliphatic imine (C=N–C) groups is 1. The van der Waals surface area contributed by atoms with Gasteiger partial charge in [-0.25, -0.2) is 9.59 Å². The summed E-state index contributed by atoms with van der Waals surface area (Å²) in [5.74, 6) is 0. The van der Waals surface area contributed by atoms with Crippen LogP contribution in [0.1, 0.15) is 60.5 Å². The van der Waals surface area contributed by atoms with Crippen molar-refractivity contribution in [3.8, 4) is 0 Å². The first kappa shape index (κ1) is 28.5. The molecule has 1 aliphatic carbocycles. The van der Waals surface area contributed by atoms with E-state index in [4.69, 9.17) is 14.5 Å². The average Bonchev–Trinajstić information content (AvgIpc) is 2.77. The molecular formula is C30H38N4O4. The summed E-state index contributed by atoms with van der Waals surface area (Å²) < 4.78 is 10.8. The van der Waals surface area contributed by atoms with E-state index in [2.05, 4.69) is 16.0 Å². The standard InChI is InChI=1S/C30H38N4O4/c1-19-16-22(14-15-23(19)33-27(35)37-29(3,4)5)32-25-17-20(2)24(34-28(36)38-30(6,7)8)18-26(25)31-21-12-10-9-11-13-21/h9-13,15-18,31H,14H2,1-8H3,(H,33,35)(H,34,36). The van der Waals surface area contributed by atoms with Crippen LogP contribution < -0.4 is 16.0 Å². The third-order valence-electron chi connectivity index (χ3n) is 5.25. The predicted molar refractivity (Wildman–Crippen MR) is 154 cm³/mol. The number of anilines is 3. The molecule has 1 aliphatic rings. The lowest BCUT2D eigenvalue weighted by molar-refractivity contribution is 0.0545. The van der Waals surface area contributed by atoms with Gasteiger partial charge in [-0.15, -0.1) is 0 Å². The Labute approximate surface area is 225 Å². The molecule has 2 amide bonds. The summed E-state index contributed by atoms with van der Waals surface area (Å²) in [6, 6.07) is 13.5. The Morgan fingerprint density at radius 3 is 2.03 bits per heavy atom. The largest absolute Gasteiger partial charge is 0.444 e. The summed E-state index contributed by atoms with van der Waals surface area (Å²) in [5.41, 5.74) is 5.03. The molecule has 0 aliphatic heterocycles. The maximum atomic E-state index is 12.4. The molecule has 0 unspecified atom stereocenters. The molecule has 8 heteroatoms. The Morgan fingerprint density at radius 1 is 0.842 bits per heavy atom. The molecule has 0 aromatic heterocycles. The topological polar surface area (TPSA) is 101 Å². The van der Waals surface area contributed by atoms with Crippen LogP contribution in [-0.2, 0) is 9.47 Å². The van der Waals surface area contributed by atoms with Crippen LogP contribution in [0.3, 0.4) is 0 Å². The molecule has 38 heavy (non-hydrogen) atoms. The second-order valence-electron chi connectivity index (χ2n) is 11.2. The highest BCUT2D eigenvalue weighted by molar-refractivity contribution is 6.01. The third kappa shape index (κ3) is 8.80. The molecule has 0 heterocycles. The number of hydrogen-bond donors (Lipinski definition) is 3. The number of carbonyl (C=O) groups excluding carboxylic acids is 2. The first-order chi connectivity index (χ1) is 17.7. The zero-order chi connectivity index (χ0) is 28.1. The number of rotatable bonds is 5. The molecule has 3 N–H and O–H groups in total. The summed E-state index contributed by atoms with van der Waals surface area (Å²) >= 11 is 0. The zero-order valence-corrected chi connectivity index (χ0v) is 23.5. The van der Waals surface area contributed by atoms with Crippen molar-refractivity contribution >= 4 is 40.6 Å². The maximum absolute atomic E-state index is 12.4. The highest BCUT2D eigenvalue weighted by Gasteiger charge is 2.20. The van der Waals surface area contributed by atoms with E-state index in [9.17, 15) is 9.59 Å². The van der Waals surface area contributed by atoms with Gasteiger partial charge in [0.25, 0.3) is 0 Å². The molecular weight excluding hydrogens is 480 g/mol. The first-order valence-corrected chi connectivity index (χ1v) is 12.6. The summed E-state index contributed by atoms with van der Waals surface area (Å²) in [6.45, 7) is 14.8. The maximum Gasteiger partial charge on any atom is 0.412 e. The van der Waals surface area contributed by atoms with E-state index < -0.39 is 23.4 Å². The van der Waals surface area contributed by atoms with Gasteiger partial charge in [-0.2, -0.15) is 0 Å². The van der Waals surface area contributed by atoms with Gasteiger partial charge in [-0.1, -0.05) is 24.3 Å². The van der Waals surface area contributed by atoms with Gasteiger partial charge >= 0.3 is 12.2 Å². The number of allylic oxidation sites excluding steroid dienone is 3. The monoisotopic (exact) mass is 518 g/mol. The highest BCUT2D eigenvalue weighted by atomic mass is 16.6. The molecule has 0 atom stereocenters. The summed E-state index contributed by atoms with van der Waals surface area (Å²) in [6.07, 6.45) is 3.39. The van der Waals surface area contributed by atoms with Gasteiger partial charge < -0.3 is 14.8 Å². The number of alkyl carbamates (subject to hydrolysis) is 1. The first-order valence-electron chi connectivity index (χ1n) is 12.6. The molecule has 0 fully saturated rings. The van der Waals surface area contributed by atoms with Gasteiger partial charge in [0.05, 0.1) is 11.4 Å². The van der Waals surface area contributed by atoms with Crippen molar-refractivity contribution in [3.63, 3.8) is 0 Å². The SMILES string of the molecule is CC1=CC(=Nc2cc(C)c(NC(=O)OC(C)(C)C)cc2Nc2ccccc2)CC=C1NC(=O)OC(C)(C)C. The van der Waals surface area contributed by atoms with E-state index in [1.54, 1.807) is 0 Å². The number of aryl methyl sites for hydroxylation is 1. The Balaban J connectivity index is 1.89. The van der Waals surface area contributed by atoms with Gasteiger partial charge in [0.1, 0.15) is 11.2 Å². The van der Waals surface area contributed by atoms with Gasteiger partial charge in [-0.3, -0.25) is 15.6 Å². The van der Waals surface area contributed by atoms with Crippen molar-refractivity contribution in [2.45, 2.75) is 73.0 Å². The molecule has 2 aromatic carbocycles. The Morgan fingerprint density at radius 2 is 1.45 bits per heavy atom. The van der Waals surface area contributed by atoms with Crippen molar-refractivity contribution in [1.29, 1.82) is 0 Å². The second-order valence-corrected chi connectivity index (χ2v) is 11.2. The van der Waals surface area contributed by atoms with Crippen LogP contribution in [0.4, 0.5) is 32.3 Å². The van der Waals surface area contributed by atoms with Crippen LogP contribution in [0.25, 0.3) is 0 Å². The molecule has 8 nitrogen and oxygen atoms in total. The fourth-order valence-corrected chi connectivity index (χ4v) is 3.66. The van der Waals surface area contributed by atoms with Crippen molar-refractivity contribution in [2.75, 3.05) is 10.6 Å². The Hall–Kier alpha value is -4.07. The van der Waals surface area contributed by atoms with Crippen LogP contribution in [0.5, 0.6) is 0 Å². The molecule has 2 aromatic rings. The number of nitrogens with zero attached hydrogens (tertiary/aromatic N) is 1. The molecule has 0 saturated heterocycles. The van der Waals surface area contributed by atoms with Crippen LogP contribution in [-0.4, -0.2) is 29.1 Å². The second kappa shape index (κ2) is 11.5. The van der Waals surface area contributed by atoms with Crippen molar-refractivity contribution in [3.05, 3.63) is 71.5 Å². The fourth-order valence-electron chi connectivity index (χ4n) is 3.66. The van der Waals surface area contributed by atoms with E-state index in [1.165, 1.54) is 0 Å². The van der Waals surface area contributed by atoms with Crippen LogP contribution in [0.2, 0.25) is 0 Å². The molecule has 0 saturated carbocycles. The zero-order valence-electron chi connectivity index (χ0n) is 23.5. The fraction of sp³-hybridized carbons (Fsp3) is 0.367. The number of para-hydroxylation sites is 1. The van der Waals surface area contributed by atoms with Crippen LogP contribution in [0, 0.1) is 6.92 Å². The lowest BCUT2D eigenvalue weighted by Gasteiger charge is -2.22. The number of hydrogen-bond acceptors (Lipinski definition) is 6. The number of nitrogens with one attached hydrogen (secondary N) is 3.